The number of imidazole rings is 1. The third-order valence-corrected chi connectivity index (χ3v) is 6.43. The Hall–Kier alpha value is -4.99. The van der Waals surface area contributed by atoms with Crippen LogP contribution in [0.15, 0.2) is 82.5 Å². The Labute approximate surface area is 217 Å². The molecule has 0 aliphatic rings. The van der Waals surface area contributed by atoms with Crippen molar-refractivity contribution in [1.82, 2.24) is 14.1 Å². The molecule has 0 saturated heterocycles. The monoisotopic (exact) mass is 514 g/mol. The lowest BCUT2D eigenvalue weighted by molar-refractivity contribution is -0.119. The lowest BCUT2D eigenvalue weighted by atomic mass is 10.1. The molecule has 0 fully saturated rings. The molecule has 0 unspecified atom stereocenters. The van der Waals surface area contributed by atoms with Crippen molar-refractivity contribution in [3.63, 3.8) is 0 Å². The zero-order chi connectivity index (χ0) is 26.8. The van der Waals surface area contributed by atoms with Crippen LogP contribution >= 0.6 is 0 Å². The molecule has 5 rings (SSSR count). The SMILES string of the molecule is COc1cc(CN(C(=O)Cn2c(=O)n(C)c3ccccc32)c2ccc(-c3cnco3)c(OC)c2)ccc1O. The molecule has 10 nitrogen and oxygen atoms in total. The van der Waals surface area contributed by atoms with Crippen LogP contribution in [0.25, 0.3) is 22.4 Å². The Bertz CT molecular complexity index is 1670. The molecular weight excluding hydrogens is 488 g/mol. The fourth-order valence-corrected chi connectivity index (χ4v) is 4.46. The van der Waals surface area contributed by atoms with E-state index >= 15 is 0 Å². The van der Waals surface area contributed by atoms with E-state index < -0.39 is 0 Å². The van der Waals surface area contributed by atoms with E-state index in [2.05, 4.69) is 4.98 Å². The van der Waals surface area contributed by atoms with E-state index in [4.69, 9.17) is 13.9 Å². The predicted molar refractivity (Wildman–Crippen MR) is 142 cm³/mol. The van der Waals surface area contributed by atoms with Gasteiger partial charge in [0.2, 0.25) is 5.91 Å². The summed E-state index contributed by atoms with van der Waals surface area (Å²) in [4.78, 5) is 32.4. The molecule has 38 heavy (non-hydrogen) atoms. The standard InChI is InChI=1S/C28H26N4O6/c1-30-21-6-4-5-7-22(21)32(28(30)35)16-27(34)31(15-18-8-11-23(33)25(12-18)37-3)19-9-10-20(24(13-19)36-2)26-14-29-17-38-26/h4-14,17,33H,15-16H2,1-3H3. The molecule has 3 aromatic carbocycles. The van der Waals surface area contributed by atoms with Crippen molar-refractivity contribution in [2.75, 3.05) is 19.1 Å². The summed E-state index contributed by atoms with van der Waals surface area (Å²) in [5.74, 6) is 0.984. The third kappa shape index (κ3) is 4.47. The minimum atomic E-state index is -0.315. The number of hydrogen-bond acceptors (Lipinski definition) is 7. The van der Waals surface area contributed by atoms with Crippen LogP contribution < -0.4 is 20.1 Å². The number of aromatic nitrogens is 3. The maximum Gasteiger partial charge on any atom is 0.329 e. The lowest BCUT2D eigenvalue weighted by Gasteiger charge is -2.24. The van der Waals surface area contributed by atoms with Crippen molar-refractivity contribution < 1.29 is 23.8 Å². The number of aromatic hydroxyl groups is 1. The highest BCUT2D eigenvalue weighted by atomic mass is 16.5. The average molecular weight is 515 g/mol. The van der Waals surface area contributed by atoms with Crippen LogP contribution in [0.3, 0.4) is 0 Å². The molecule has 10 heteroatoms. The van der Waals surface area contributed by atoms with Crippen LogP contribution in [-0.2, 0) is 24.9 Å². The zero-order valence-corrected chi connectivity index (χ0v) is 21.1. The Morgan fingerprint density at radius 3 is 2.50 bits per heavy atom. The number of para-hydroxylation sites is 2. The number of nitrogens with zero attached hydrogens (tertiary/aromatic N) is 4. The van der Waals surface area contributed by atoms with Crippen LogP contribution in [0.1, 0.15) is 5.56 Å². The number of phenolic OH excluding ortho intramolecular Hbond substituents is 1. The molecule has 1 N–H and O–H groups in total. The number of amides is 1. The summed E-state index contributed by atoms with van der Waals surface area (Å²) < 4.78 is 19.3. The molecule has 0 saturated carbocycles. The summed E-state index contributed by atoms with van der Waals surface area (Å²) in [6.07, 6.45) is 2.91. The number of ether oxygens (including phenoxy) is 2. The van der Waals surface area contributed by atoms with Gasteiger partial charge in [-0.15, -0.1) is 0 Å². The topological polar surface area (TPSA) is 112 Å². The number of methoxy groups -OCH3 is 2. The van der Waals surface area contributed by atoms with E-state index in [-0.39, 0.29) is 30.4 Å². The van der Waals surface area contributed by atoms with Crippen molar-refractivity contribution in [2.45, 2.75) is 13.1 Å². The zero-order valence-electron chi connectivity index (χ0n) is 21.1. The Morgan fingerprint density at radius 1 is 1.03 bits per heavy atom. The fourth-order valence-electron chi connectivity index (χ4n) is 4.46. The molecule has 2 heterocycles. The number of rotatable bonds is 8. The van der Waals surface area contributed by atoms with Gasteiger partial charge >= 0.3 is 5.69 Å². The molecule has 1 amide bonds. The van der Waals surface area contributed by atoms with Gasteiger partial charge in [0.05, 0.1) is 43.6 Å². The molecule has 0 spiro atoms. The number of benzene rings is 3. The van der Waals surface area contributed by atoms with Crippen LogP contribution in [0.5, 0.6) is 17.2 Å². The number of fused-ring (bicyclic) bond motifs is 1. The normalized spacial score (nSPS) is 11.0. The van der Waals surface area contributed by atoms with E-state index in [1.165, 1.54) is 35.8 Å². The van der Waals surface area contributed by atoms with E-state index in [1.807, 2.05) is 24.3 Å². The largest absolute Gasteiger partial charge is 0.504 e. The smallest absolute Gasteiger partial charge is 0.329 e. The summed E-state index contributed by atoms with van der Waals surface area (Å²) in [7, 11) is 4.67. The molecule has 0 radical (unpaired) electrons. The van der Waals surface area contributed by atoms with Crippen molar-refractivity contribution >= 4 is 22.6 Å². The maximum absolute atomic E-state index is 13.9. The first-order valence-electron chi connectivity index (χ1n) is 11.8. The predicted octanol–water partition coefficient (Wildman–Crippen LogP) is 3.95. The second-order valence-electron chi connectivity index (χ2n) is 8.65. The lowest BCUT2D eigenvalue weighted by Crippen LogP contribution is -2.36. The first-order chi connectivity index (χ1) is 18.4. The molecule has 0 bridgehead atoms. The third-order valence-electron chi connectivity index (χ3n) is 6.43. The summed E-state index contributed by atoms with van der Waals surface area (Å²) in [6, 6.07) is 17.5. The number of carbonyl (C=O) groups excluding carboxylic acids is 1. The molecule has 194 valence electrons. The molecule has 0 atom stereocenters. The summed E-state index contributed by atoms with van der Waals surface area (Å²) >= 11 is 0. The second kappa shape index (κ2) is 10.2. The Kier molecular flexibility index (Phi) is 6.61. The molecule has 0 aliphatic heterocycles. The molecule has 0 aliphatic carbocycles. The molecular formula is C28H26N4O6. The summed E-state index contributed by atoms with van der Waals surface area (Å²) in [5, 5.41) is 10.0. The van der Waals surface area contributed by atoms with Gasteiger partial charge in [-0.1, -0.05) is 18.2 Å². The van der Waals surface area contributed by atoms with Crippen LogP contribution in [0.4, 0.5) is 5.69 Å². The Morgan fingerprint density at radius 2 is 1.79 bits per heavy atom. The summed E-state index contributed by atoms with van der Waals surface area (Å²) in [6.45, 7) is -0.0264. The average Bonchev–Trinajstić information content (AvgIpc) is 3.56. The quantitative estimate of drug-likeness (QED) is 0.334. The Balaban J connectivity index is 1.57. The van der Waals surface area contributed by atoms with Gasteiger partial charge in [0, 0.05) is 18.8 Å². The number of anilines is 1. The van der Waals surface area contributed by atoms with Crippen LogP contribution in [0, 0.1) is 0 Å². The van der Waals surface area contributed by atoms with Gasteiger partial charge in [-0.2, -0.15) is 0 Å². The number of carbonyl (C=O) groups is 1. The minimum absolute atomic E-state index is 0.00508. The maximum atomic E-state index is 13.9. The number of hydrogen-bond donors (Lipinski definition) is 1. The molecule has 2 aromatic heterocycles. The fraction of sp³-hybridized carbons (Fsp3) is 0.179. The van der Waals surface area contributed by atoms with Gasteiger partial charge < -0.3 is 23.9 Å². The van der Waals surface area contributed by atoms with E-state index in [9.17, 15) is 14.7 Å². The van der Waals surface area contributed by atoms with Crippen molar-refractivity contribution in [3.05, 3.63) is 89.3 Å². The van der Waals surface area contributed by atoms with E-state index in [1.54, 1.807) is 48.5 Å². The number of phenols is 1. The van der Waals surface area contributed by atoms with Gasteiger partial charge in [-0.05, 0) is 42.0 Å². The highest BCUT2D eigenvalue weighted by Crippen LogP contribution is 2.35. The highest BCUT2D eigenvalue weighted by Gasteiger charge is 2.22. The first-order valence-corrected chi connectivity index (χ1v) is 11.8. The molecule has 5 aromatic rings. The van der Waals surface area contributed by atoms with Crippen molar-refractivity contribution in [3.8, 4) is 28.6 Å². The highest BCUT2D eigenvalue weighted by molar-refractivity contribution is 5.94. The first kappa shape index (κ1) is 24.7. The number of oxazole rings is 1. The van der Waals surface area contributed by atoms with Crippen LogP contribution in [0.2, 0.25) is 0 Å². The van der Waals surface area contributed by atoms with Gasteiger partial charge in [-0.3, -0.25) is 13.9 Å². The van der Waals surface area contributed by atoms with Gasteiger partial charge in [0.25, 0.3) is 0 Å². The van der Waals surface area contributed by atoms with Crippen molar-refractivity contribution in [1.29, 1.82) is 0 Å². The van der Waals surface area contributed by atoms with Crippen molar-refractivity contribution in [2.24, 2.45) is 7.05 Å². The summed E-state index contributed by atoms with van der Waals surface area (Å²) in [5.41, 5.74) is 3.06. The van der Waals surface area contributed by atoms with Crippen LogP contribution in [-0.4, -0.2) is 39.4 Å². The second-order valence-corrected chi connectivity index (χ2v) is 8.65. The van der Waals surface area contributed by atoms with Gasteiger partial charge in [0.1, 0.15) is 12.3 Å². The minimum Gasteiger partial charge on any atom is -0.504 e. The van der Waals surface area contributed by atoms with Gasteiger partial charge in [-0.25, -0.2) is 9.78 Å². The van der Waals surface area contributed by atoms with E-state index in [0.717, 1.165) is 11.1 Å². The van der Waals surface area contributed by atoms with E-state index in [0.29, 0.717) is 34.0 Å². The number of aryl methyl sites for hydroxylation is 1. The van der Waals surface area contributed by atoms with Gasteiger partial charge in [0.15, 0.2) is 23.7 Å².